The van der Waals surface area contributed by atoms with Gasteiger partial charge in [-0.1, -0.05) is 96.1 Å². The van der Waals surface area contributed by atoms with Crippen LogP contribution in [0.1, 0.15) is 58.2 Å². The lowest BCUT2D eigenvalue weighted by Crippen LogP contribution is -2.28. The highest BCUT2D eigenvalue weighted by Gasteiger charge is 2.35. The normalized spacial score (nSPS) is 16.9. The van der Waals surface area contributed by atoms with Crippen LogP contribution in [-0.4, -0.2) is 5.78 Å². The molecule has 2 aromatic rings. The van der Waals surface area contributed by atoms with Crippen LogP contribution in [0.3, 0.4) is 0 Å². The average Bonchev–Trinajstić information content (AvgIpc) is 3.07. The molecule has 0 N–H and O–H groups in total. The number of benzene rings is 2. The lowest BCUT2D eigenvalue weighted by atomic mass is 9.71. The van der Waals surface area contributed by atoms with E-state index in [0.29, 0.717) is 0 Å². The van der Waals surface area contributed by atoms with Crippen LogP contribution in [0.4, 0.5) is 0 Å². The molecule has 0 unspecified atom stereocenters. The van der Waals surface area contributed by atoms with Crippen molar-refractivity contribution < 1.29 is 4.79 Å². The highest BCUT2D eigenvalue weighted by Crippen LogP contribution is 2.45. The SMILES string of the molecule is CC(C)(C)C1=CC(=C2C=C(c3ccccc3)c3ccccc32)C=C(C(C)(C)C)C1=O. The van der Waals surface area contributed by atoms with E-state index in [9.17, 15) is 4.79 Å². The molecule has 2 aliphatic carbocycles. The largest absolute Gasteiger partial charge is 0.289 e. The second-order valence-corrected chi connectivity index (χ2v) is 10.3. The van der Waals surface area contributed by atoms with E-state index in [1.807, 2.05) is 6.07 Å². The number of hydrogen-bond acceptors (Lipinski definition) is 1. The van der Waals surface area contributed by atoms with Gasteiger partial charge in [-0.15, -0.1) is 0 Å². The number of fused-ring (bicyclic) bond motifs is 1. The van der Waals surface area contributed by atoms with Gasteiger partial charge in [0.2, 0.25) is 0 Å². The van der Waals surface area contributed by atoms with Gasteiger partial charge in [-0.05, 0) is 62.5 Å². The van der Waals surface area contributed by atoms with Crippen LogP contribution >= 0.6 is 0 Å². The summed E-state index contributed by atoms with van der Waals surface area (Å²) in [4.78, 5) is 13.3. The molecule has 0 bridgehead atoms. The zero-order chi connectivity index (χ0) is 21.7. The summed E-state index contributed by atoms with van der Waals surface area (Å²) in [6.07, 6.45) is 6.53. The Hall–Kier alpha value is -2.93. The van der Waals surface area contributed by atoms with Gasteiger partial charge >= 0.3 is 0 Å². The van der Waals surface area contributed by atoms with Crippen LogP contribution in [0.2, 0.25) is 0 Å². The van der Waals surface area contributed by atoms with Crippen molar-refractivity contribution >= 4 is 16.9 Å². The highest BCUT2D eigenvalue weighted by atomic mass is 16.1. The van der Waals surface area contributed by atoms with Gasteiger partial charge in [-0.25, -0.2) is 0 Å². The van der Waals surface area contributed by atoms with Crippen molar-refractivity contribution in [3.8, 4) is 0 Å². The number of carbonyl (C=O) groups excluding carboxylic acids is 1. The summed E-state index contributed by atoms with van der Waals surface area (Å²) in [7, 11) is 0. The smallest absolute Gasteiger partial charge is 0.186 e. The summed E-state index contributed by atoms with van der Waals surface area (Å²) in [5, 5.41) is 0. The lowest BCUT2D eigenvalue weighted by Gasteiger charge is -2.31. The van der Waals surface area contributed by atoms with Gasteiger partial charge < -0.3 is 0 Å². The van der Waals surface area contributed by atoms with Gasteiger partial charge in [0.05, 0.1) is 0 Å². The first kappa shape index (κ1) is 20.3. The summed E-state index contributed by atoms with van der Waals surface area (Å²) in [5.74, 6) is 0.179. The van der Waals surface area contributed by atoms with Crippen molar-refractivity contribution in [2.24, 2.45) is 10.8 Å². The maximum absolute atomic E-state index is 13.3. The van der Waals surface area contributed by atoms with Crippen molar-refractivity contribution in [1.82, 2.24) is 0 Å². The van der Waals surface area contributed by atoms with E-state index in [2.05, 4.69) is 108 Å². The Kier molecular flexibility index (Phi) is 4.81. The maximum atomic E-state index is 13.3. The minimum atomic E-state index is -0.211. The molecule has 152 valence electrons. The molecule has 30 heavy (non-hydrogen) atoms. The van der Waals surface area contributed by atoms with Crippen LogP contribution in [-0.2, 0) is 4.79 Å². The van der Waals surface area contributed by atoms with Gasteiger partial charge in [0, 0.05) is 11.1 Å². The number of rotatable bonds is 1. The summed E-state index contributed by atoms with van der Waals surface area (Å²) in [5.41, 5.74) is 8.61. The van der Waals surface area contributed by atoms with Gasteiger partial charge in [0.1, 0.15) is 0 Å². The predicted octanol–water partition coefficient (Wildman–Crippen LogP) is 7.41. The van der Waals surface area contributed by atoms with E-state index in [0.717, 1.165) is 16.7 Å². The standard InChI is InChI=1S/C29H30O/c1-28(2,3)25-16-20(17-26(27(25)30)29(4,5)6)24-18-23(19-12-8-7-9-13-19)21-14-10-11-15-22(21)24/h7-18H,1-6H3. The minimum absolute atomic E-state index is 0.179. The van der Waals surface area contributed by atoms with Crippen LogP contribution in [0.5, 0.6) is 0 Å². The molecule has 0 spiro atoms. The Morgan fingerprint density at radius 3 is 1.63 bits per heavy atom. The highest BCUT2D eigenvalue weighted by molar-refractivity contribution is 6.13. The predicted molar refractivity (Wildman–Crippen MR) is 127 cm³/mol. The third kappa shape index (κ3) is 3.54. The molecule has 2 aliphatic rings. The van der Waals surface area contributed by atoms with Crippen molar-refractivity contribution in [3.63, 3.8) is 0 Å². The van der Waals surface area contributed by atoms with Crippen molar-refractivity contribution in [1.29, 1.82) is 0 Å². The molecule has 4 rings (SSSR count). The number of hydrogen-bond donors (Lipinski definition) is 0. The molecule has 0 heterocycles. The van der Waals surface area contributed by atoms with Gasteiger partial charge in [0.25, 0.3) is 0 Å². The zero-order valence-electron chi connectivity index (χ0n) is 18.8. The average molecular weight is 395 g/mol. The molecule has 0 atom stereocenters. The third-order valence-electron chi connectivity index (χ3n) is 5.90. The molecule has 1 heteroatoms. The van der Waals surface area contributed by atoms with Gasteiger partial charge in [0.15, 0.2) is 5.78 Å². The monoisotopic (exact) mass is 394 g/mol. The Balaban J connectivity index is 2.01. The first-order chi connectivity index (χ1) is 14.1. The number of ketones is 1. The Bertz CT molecular complexity index is 1100. The van der Waals surface area contributed by atoms with Crippen molar-refractivity contribution in [3.05, 3.63) is 106 Å². The second-order valence-electron chi connectivity index (χ2n) is 10.3. The quantitative estimate of drug-likeness (QED) is 0.492. The zero-order valence-corrected chi connectivity index (χ0v) is 18.8. The molecule has 0 aliphatic heterocycles. The third-order valence-corrected chi connectivity index (χ3v) is 5.90. The van der Waals surface area contributed by atoms with E-state index >= 15 is 0 Å². The summed E-state index contributed by atoms with van der Waals surface area (Å²) < 4.78 is 0. The fourth-order valence-electron chi connectivity index (χ4n) is 4.25. The Labute approximate surface area is 180 Å². The topological polar surface area (TPSA) is 17.1 Å². The maximum Gasteiger partial charge on any atom is 0.186 e. The molecule has 0 amide bonds. The van der Waals surface area contributed by atoms with Crippen LogP contribution in [0.25, 0.3) is 11.1 Å². The number of Topliss-reactive ketones (excluding diaryl/α,β-unsaturated/α-hetero) is 1. The van der Waals surface area contributed by atoms with Gasteiger partial charge in [-0.2, -0.15) is 0 Å². The molecular weight excluding hydrogens is 364 g/mol. The van der Waals surface area contributed by atoms with Crippen LogP contribution < -0.4 is 0 Å². The molecule has 0 radical (unpaired) electrons. The first-order valence-corrected chi connectivity index (χ1v) is 10.7. The fourth-order valence-corrected chi connectivity index (χ4v) is 4.25. The molecule has 0 aromatic heterocycles. The van der Waals surface area contributed by atoms with Crippen molar-refractivity contribution in [2.45, 2.75) is 41.5 Å². The summed E-state index contributed by atoms with van der Waals surface area (Å²) >= 11 is 0. The second kappa shape index (κ2) is 7.09. The van der Waals surface area contributed by atoms with E-state index in [4.69, 9.17) is 0 Å². The fraction of sp³-hybridized carbons (Fsp3) is 0.276. The molecule has 0 saturated carbocycles. The van der Waals surface area contributed by atoms with Gasteiger partial charge in [-0.3, -0.25) is 4.79 Å². The van der Waals surface area contributed by atoms with E-state index in [-0.39, 0.29) is 16.6 Å². The van der Waals surface area contributed by atoms with E-state index < -0.39 is 0 Å². The van der Waals surface area contributed by atoms with Crippen molar-refractivity contribution in [2.75, 3.05) is 0 Å². The molecule has 0 saturated heterocycles. The summed E-state index contributed by atoms with van der Waals surface area (Å²) in [6, 6.07) is 19.1. The molecule has 0 fully saturated rings. The molecular formula is C29H30O. The first-order valence-electron chi connectivity index (χ1n) is 10.7. The van der Waals surface area contributed by atoms with E-state index in [1.54, 1.807) is 0 Å². The Morgan fingerprint density at radius 2 is 1.10 bits per heavy atom. The summed E-state index contributed by atoms with van der Waals surface area (Å²) in [6.45, 7) is 12.7. The number of allylic oxidation sites excluding steroid dienone is 7. The molecule has 2 aromatic carbocycles. The minimum Gasteiger partial charge on any atom is -0.289 e. The number of carbonyl (C=O) groups is 1. The van der Waals surface area contributed by atoms with Crippen LogP contribution in [0.15, 0.2) is 89.5 Å². The molecule has 1 nitrogen and oxygen atoms in total. The van der Waals surface area contributed by atoms with Crippen LogP contribution in [0, 0.1) is 10.8 Å². The Morgan fingerprint density at radius 1 is 0.600 bits per heavy atom. The lowest BCUT2D eigenvalue weighted by molar-refractivity contribution is -0.114. The van der Waals surface area contributed by atoms with E-state index in [1.165, 1.54) is 27.8 Å².